The number of amidine groups is 1. The number of aromatic amines is 1. The number of rotatable bonds is 6. The van der Waals surface area contributed by atoms with Crippen LogP contribution in [0.5, 0.6) is 0 Å². The molecule has 0 bridgehead atoms. The molecule has 5 aromatic rings. The molecule has 1 fully saturated rings. The summed E-state index contributed by atoms with van der Waals surface area (Å²) >= 11 is 7.80. The van der Waals surface area contributed by atoms with Crippen molar-refractivity contribution in [1.82, 2.24) is 14.5 Å². The van der Waals surface area contributed by atoms with Gasteiger partial charge in [0, 0.05) is 46.2 Å². The molecule has 5 nitrogen and oxygen atoms in total. The van der Waals surface area contributed by atoms with Gasteiger partial charge in [-0.1, -0.05) is 54.1 Å². The van der Waals surface area contributed by atoms with Crippen LogP contribution in [-0.2, 0) is 11.2 Å². The van der Waals surface area contributed by atoms with E-state index < -0.39 is 0 Å². The number of aromatic nitrogens is 2. The highest BCUT2D eigenvalue weighted by Gasteiger charge is 2.33. The van der Waals surface area contributed by atoms with Gasteiger partial charge in [-0.3, -0.25) is 9.69 Å². The van der Waals surface area contributed by atoms with Crippen LogP contribution in [0.3, 0.4) is 0 Å². The Kier molecular flexibility index (Phi) is 6.66. The second-order valence-corrected chi connectivity index (χ2v) is 10.6. The highest BCUT2D eigenvalue weighted by molar-refractivity contribution is 8.18. The van der Waals surface area contributed by atoms with E-state index >= 15 is 0 Å². The zero-order valence-electron chi connectivity index (χ0n) is 20.8. The number of nitrogens with zero attached hydrogens (tertiary/aromatic N) is 3. The molecule has 1 saturated heterocycles. The van der Waals surface area contributed by atoms with Crippen molar-refractivity contribution in [3.63, 3.8) is 0 Å². The Balaban J connectivity index is 1.33. The molecular formula is C31H25ClN4OS. The number of para-hydroxylation sites is 2. The Hall–Kier alpha value is -4.00. The van der Waals surface area contributed by atoms with E-state index in [1.54, 1.807) is 4.90 Å². The van der Waals surface area contributed by atoms with Crippen LogP contribution in [0.2, 0.25) is 5.02 Å². The van der Waals surface area contributed by atoms with Crippen LogP contribution in [0.1, 0.15) is 16.8 Å². The molecule has 38 heavy (non-hydrogen) atoms. The Morgan fingerprint density at radius 3 is 2.66 bits per heavy atom. The summed E-state index contributed by atoms with van der Waals surface area (Å²) in [5.41, 5.74) is 5.97. The van der Waals surface area contributed by atoms with Crippen molar-refractivity contribution in [2.75, 3.05) is 6.54 Å². The molecule has 1 amide bonds. The number of benzene rings is 3. The number of fused-ring (bicyclic) bond motifs is 1. The first-order valence-electron chi connectivity index (χ1n) is 12.4. The zero-order valence-corrected chi connectivity index (χ0v) is 22.3. The molecule has 188 valence electrons. The van der Waals surface area contributed by atoms with Crippen LogP contribution in [0.4, 0.5) is 5.69 Å². The molecule has 0 spiro atoms. The monoisotopic (exact) mass is 536 g/mol. The number of halogens is 1. The summed E-state index contributed by atoms with van der Waals surface area (Å²) in [5.74, 6) is -0.0424. The van der Waals surface area contributed by atoms with Crippen LogP contribution in [0.25, 0.3) is 22.7 Å². The predicted octanol–water partition coefficient (Wildman–Crippen LogP) is 7.77. The highest BCUT2D eigenvalue weighted by Crippen LogP contribution is 2.35. The quantitative estimate of drug-likeness (QED) is 0.225. The van der Waals surface area contributed by atoms with Crippen molar-refractivity contribution in [2.24, 2.45) is 4.99 Å². The van der Waals surface area contributed by atoms with Crippen molar-refractivity contribution >= 4 is 57.1 Å². The minimum atomic E-state index is -0.0424. The number of hydrogen-bond acceptors (Lipinski definition) is 3. The summed E-state index contributed by atoms with van der Waals surface area (Å²) in [6, 6.07) is 27.9. The molecule has 0 atom stereocenters. The Morgan fingerprint density at radius 1 is 1.00 bits per heavy atom. The van der Waals surface area contributed by atoms with Gasteiger partial charge in [-0.15, -0.1) is 0 Å². The predicted molar refractivity (Wildman–Crippen MR) is 158 cm³/mol. The molecular weight excluding hydrogens is 512 g/mol. The minimum absolute atomic E-state index is 0.0424. The third-order valence-corrected chi connectivity index (χ3v) is 8.06. The van der Waals surface area contributed by atoms with Crippen molar-refractivity contribution in [2.45, 2.75) is 13.3 Å². The first kappa shape index (κ1) is 24.3. The topological polar surface area (TPSA) is 53.4 Å². The number of thioether (sulfide) groups is 1. The average molecular weight is 537 g/mol. The van der Waals surface area contributed by atoms with Gasteiger partial charge in [0.2, 0.25) is 0 Å². The summed E-state index contributed by atoms with van der Waals surface area (Å²) in [4.78, 5) is 24.3. The lowest BCUT2D eigenvalue weighted by atomic mass is 10.1. The lowest BCUT2D eigenvalue weighted by molar-refractivity contribution is -0.122. The maximum atomic E-state index is 13.7. The van der Waals surface area contributed by atoms with Crippen molar-refractivity contribution < 1.29 is 4.79 Å². The van der Waals surface area contributed by atoms with E-state index in [0.29, 0.717) is 21.6 Å². The van der Waals surface area contributed by atoms with Gasteiger partial charge >= 0.3 is 0 Å². The van der Waals surface area contributed by atoms with Gasteiger partial charge in [0.15, 0.2) is 5.17 Å². The molecule has 1 aliphatic heterocycles. The summed E-state index contributed by atoms with van der Waals surface area (Å²) in [5, 5.41) is 2.57. The average Bonchev–Trinajstić information content (AvgIpc) is 3.64. The first-order chi connectivity index (χ1) is 18.6. The maximum absolute atomic E-state index is 13.7. The second-order valence-electron chi connectivity index (χ2n) is 9.14. The zero-order chi connectivity index (χ0) is 26.1. The van der Waals surface area contributed by atoms with Crippen LogP contribution in [0, 0.1) is 6.92 Å². The molecule has 3 aromatic carbocycles. The molecule has 0 radical (unpaired) electrons. The van der Waals surface area contributed by atoms with Gasteiger partial charge in [0.1, 0.15) is 0 Å². The number of carbonyl (C=O) groups excluding carboxylic acids is 1. The normalized spacial score (nSPS) is 15.8. The summed E-state index contributed by atoms with van der Waals surface area (Å²) < 4.78 is 2.04. The van der Waals surface area contributed by atoms with Gasteiger partial charge in [0.05, 0.1) is 10.6 Å². The smallest absolute Gasteiger partial charge is 0.266 e. The van der Waals surface area contributed by atoms with Crippen LogP contribution in [-0.4, -0.2) is 32.1 Å². The lowest BCUT2D eigenvalue weighted by Crippen LogP contribution is -2.31. The SMILES string of the molecule is Cc1ccc(-n2cccc2/C=C2\SC(=Nc3ccccc3)N(CCc3c[nH]c4ccccc34)C2=O)cc1Cl. The van der Waals surface area contributed by atoms with Crippen molar-refractivity contribution in [1.29, 1.82) is 0 Å². The molecule has 0 unspecified atom stereocenters. The number of hydrogen-bond donors (Lipinski definition) is 1. The van der Waals surface area contributed by atoms with Crippen LogP contribution < -0.4 is 0 Å². The fraction of sp³-hybridized carbons (Fsp3) is 0.0968. The van der Waals surface area contributed by atoms with Gasteiger partial charge in [0.25, 0.3) is 5.91 Å². The fourth-order valence-corrected chi connectivity index (χ4v) is 5.77. The maximum Gasteiger partial charge on any atom is 0.266 e. The van der Waals surface area contributed by atoms with E-state index in [4.69, 9.17) is 16.6 Å². The standard InChI is InChI=1S/C31H25ClN4OS/c1-21-13-14-25(18-27(21)32)35-16-7-10-24(35)19-29-30(37)36(31(38-29)34-23-8-3-2-4-9-23)17-15-22-20-33-28-12-6-5-11-26(22)28/h2-14,16,18-20,33H,15,17H2,1H3/b29-19-,34-31?. The second kappa shape index (κ2) is 10.4. The molecule has 6 rings (SSSR count). The van der Waals surface area contributed by atoms with Crippen molar-refractivity contribution in [3.05, 3.63) is 124 Å². The Labute approximate surface area is 230 Å². The molecule has 1 N–H and O–H groups in total. The molecule has 7 heteroatoms. The summed E-state index contributed by atoms with van der Waals surface area (Å²) in [6.45, 7) is 2.52. The number of aryl methyl sites for hydroxylation is 1. The molecule has 1 aliphatic rings. The number of nitrogens with one attached hydrogen (secondary N) is 1. The van der Waals surface area contributed by atoms with Gasteiger partial charge in [-0.2, -0.15) is 0 Å². The van der Waals surface area contributed by atoms with E-state index in [1.807, 2.05) is 103 Å². The Bertz CT molecular complexity index is 1700. The van der Waals surface area contributed by atoms with Crippen LogP contribution >= 0.6 is 23.4 Å². The summed E-state index contributed by atoms with van der Waals surface area (Å²) in [7, 11) is 0. The van der Waals surface area contributed by atoms with E-state index in [-0.39, 0.29) is 5.91 Å². The highest BCUT2D eigenvalue weighted by atomic mass is 35.5. The third-order valence-electron chi connectivity index (χ3n) is 6.64. The Morgan fingerprint density at radius 2 is 1.82 bits per heavy atom. The molecule has 0 aliphatic carbocycles. The van der Waals surface area contributed by atoms with Crippen molar-refractivity contribution in [3.8, 4) is 5.69 Å². The number of carbonyl (C=O) groups is 1. The molecule has 3 heterocycles. The lowest BCUT2D eigenvalue weighted by Gasteiger charge is -2.15. The van der Waals surface area contributed by atoms with E-state index in [0.717, 1.165) is 34.6 Å². The number of H-pyrrole nitrogens is 1. The fourth-order valence-electron chi connectivity index (χ4n) is 4.59. The first-order valence-corrected chi connectivity index (χ1v) is 13.6. The molecule has 0 saturated carbocycles. The van der Waals surface area contributed by atoms with Gasteiger partial charge < -0.3 is 9.55 Å². The minimum Gasteiger partial charge on any atom is -0.361 e. The number of aliphatic imine (C=N–C) groups is 1. The third kappa shape index (κ3) is 4.80. The van der Waals surface area contributed by atoms with E-state index in [1.165, 1.54) is 22.7 Å². The largest absolute Gasteiger partial charge is 0.361 e. The van der Waals surface area contributed by atoms with E-state index in [2.05, 4.69) is 17.1 Å². The summed E-state index contributed by atoms with van der Waals surface area (Å²) in [6.07, 6.45) is 6.66. The van der Waals surface area contributed by atoms with Gasteiger partial charge in [-0.05, 0) is 84.8 Å². The van der Waals surface area contributed by atoms with E-state index in [9.17, 15) is 4.79 Å². The van der Waals surface area contributed by atoms with Gasteiger partial charge in [-0.25, -0.2) is 4.99 Å². The van der Waals surface area contributed by atoms with Crippen LogP contribution in [0.15, 0.2) is 107 Å². The molecule has 2 aromatic heterocycles. The number of amides is 1.